The summed E-state index contributed by atoms with van der Waals surface area (Å²) in [6.45, 7) is 4.65. The molecule has 0 spiro atoms. The Morgan fingerprint density at radius 3 is 2.30 bits per heavy atom. The van der Waals surface area contributed by atoms with Crippen molar-refractivity contribution < 1.29 is 14.3 Å². The number of benzene rings is 2. The van der Waals surface area contributed by atoms with Crippen molar-refractivity contribution in [3.63, 3.8) is 0 Å². The molecule has 2 aromatic rings. The van der Waals surface area contributed by atoms with Gasteiger partial charge in [-0.3, -0.25) is 9.59 Å². The molecular formula is C21H25N3O3. The molecule has 0 aliphatic carbocycles. The Balaban J connectivity index is 1.49. The Morgan fingerprint density at radius 2 is 1.67 bits per heavy atom. The smallest absolute Gasteiger partial charge is 0.233 e. The highest BCUT2D eigenvalue weighted by molar-refractivity contribution is 6.03. The van der Waals surface area contributed by atoms with E-state index in [2.05, 4.69) is 10.2 Å². The monoisotopic (exact) mass is 367 g/mol. The topological polar surface area (TPSA) is 61.9 Å². The molecule has 0 saturated carbocycles. The van der Waals surface area contributed by atoms with Crippen molar-refractivity contribution in [3.8, 4) is 5.75 Å². The fraction of sp³-hybridized carbons (Fsp3) is 0.333. The molecule has 1 fully saturated rings. The maximum atomic E-state index is 12.4. The second-order valence-electron chi connectivity index (χ2n) is 6.61. The van der Waals surface area contributed by atoms with Gasteiger partial charge in [0.2, 0.25) is 11.8 Å². The van der Waals surface area contributed by atoms with E-state index in [1.807, 2.05) is 55.5 Å². The summed E-state index contributed by atoms with van der Waals surface area (Å²) < 4.78 is 5.18. The van der Waals surface area contributed by atoms with Gasteiger partial charge in [-0.2, -0.15) is 0 Å². The van der Waals surface area contributed by atoms with Crippen LogP contribution in [-0.2, 0) is 9.59 Å². The summed E-state index contributed by atoms with van der Waals surface area (Å²) >= 11 is 0. The minimum Gasteiger partial charge on any atom is -0.497 e. The van der Waals surface area contributed by atoms with E-state index in [1.54, 1.807) is 12.0 Å². The maximum absolute atomic E-state index is 12.4. The van der Waals surface area contributed by atoms with Crippen LogP contribution in [0.2, 0.25) is 0 Å². The molecule has 0 unspecified atom stereocenters. The van der Waals surface area contributed by atoms with Crippen LogP contribution in [0.3, 0.4) is 0 Å². The third-order valence-electron chi connectivity index (χ3n) is 4.80. The third kappa shape index (κ3) is 4.78. The Morgan fingerprint density at radius 1 is 1.00 bits per heavy atom. The number of rotatable bonds is 5. The number of amides is 2. The molecule has 1 aliphatic rings. The number of para-hydroxylation sites is 1. The number of carbonyl (C=O) groups excluding carboxylic acids is 2. The molecule has 3 rings (SSSR count). The van der Waals surface area contributed by atoms with Gasteiger partial charge in [-0.25, -0.2) is 0 Å². The van der Waals surface area contributed by atoms with Gasteiger partial charge in [-0.05, 0) is 42.8 Å². The van der Waals surface area contributed by atoms with E-state index in [9.17, 15) is 9.59 Å². The number of carbonyl (C=O) groups is 2. The molecule has 0 radical (unpaired) electrons. The molecule has 2 amide bonds. The quantitative estimate of drug-likeness (QED) is 0.826. The lowest BCUT2D eigenvalue weighted by atomic mass is 10.2. The van der Waals surface area contributed by atoms with E-state index in [-0.39, 0.29) is 18.2 Å². The van der Waals surface area contributed by atoms with Crippen molar-refractivity contribution in [2.24, 2.45) is 0 Å². The van der Waals surface area contributed by atoms with Gasteiger partial charge in [-0.1, -0.05) is 18.2 Å². The summed E-state index contributed by atoms with van der Waals surface area (Å²) in [5, 5.41) is 2.82. The van der Waals surface area contributed by atoms with Crippen molar-refractivity contribution in [1.29, 1.82) is 0 Å². The van der Waals surface area contributed by atoms with Crippen molar-refractivity contribution in [1.82, 2.24) is 4.90 Å². The van der Waals surface area contributed by atoms with Gasteiger partial charge in [0.15, 0.2) is 0 Å². The highest BCUT2D eigenvalue weighted by atomic mass is 16.5. The average Bonchev–Trinajstić information content (AvgIpc) is 2.70. The summed E-state index contributed by atoms with van der Waals surface area (Å²) in [7, 11) is 1.65. The number of ether oxygens (including phenoxy) is 1. The van der Waals surface area contributed by atoms with Crippen LogP contribution in [0.5, 0.6) is 5.75 Å². The summed E-state index contributed by atoms with van der Waals surface area (Å²) in [6.07, 6.45) is -0.128. The number of anilines is 2. The fourth-order valence-corrected chi connectivity index (χ4v) is 3.16. The molecule has 0 aromatic heterocycles. The Bertz CT molecular complexity index is 797. The predicted molar refractivity (Wildman–Crippen MR) is 106 cm³/mol. The number of nitrogens with zero attached hydrogens (tertiary/aromatic N) is 2. The largest absolute Gasteiger partial charge is 0.497 e. The van der Waals surface area contributed by atoms with Crippen LogP contribution in [0.15, 0.2) is 48.5 Å². The SMILES string of the molecule is COc1ccc(N2CCN(C(=O)CC(=O)Nc3ccccc3C)CC2)cc1. The highest BCUT2D eigenvalue weighted by Gasteiger charge is 2.23. The molecule has 1 heterocycles. The summed E-state index contributed by atoms with van der Waals surface area (Å²) in [4.78, 5) is 28.6. The molecule has 0 bridgehead atoms. The van der Waals surface area contributed by atoms with Gasteiger partial charge in [0.1, 0.15) is 12.2 Å². The molecular weight excluding hydrogens is 342 g/mol. The van der Waals surface area contributed by atoms with Gasteiger partial charge in [0.25, 0.3) is 0 Å². The summed E-state index contributed by atoms with van der Waals surface area (Å²) in [5.74, 6) is 0.426. The van der Waals surface area contributed by atoms with Crippen LogP contribution in [-0.4, -0.2) is 50.0 Å². The predicted octanol–water partition coefficient (Wildman–Crippen LogP) is 2.68. The Labute approximate surface area is 159 Å². The van der Waals surface area contributed by atoms with Gasteiger partial charge < -0.3 is 19.9 Å². The number of piperazine rings is 1. The Hall–Kier alpha value is -3.02. The number of hydrogen-bond donors (Lipinski definition) is 1. The van der Waals surface area contributed by atoms with Crippen molar-refractivity contribution >= 4 is 23.2 Å². The van der Waals surface area contributed by atoms with Crippen LogP contribution >= 0.6 is 0 Å². The van der Waals surface area contributed by atoms with E-state index in [4.69, 9.17) is 4.74 Å². The summed E-state index contributed by atoms with van der Waals surface area (Å²) in [5.41, 5.74) is 2.84. The lowest BCUT2D eigenvalue weighted by molar-refractivity contribution is -0.134. The minimum atomic E-state index is -0.271. The van der Waals surface area contributed by atoms with E-state index >= 15 is 0 Å². The molecule has 6 heteroatoms. The lowest BCUT2D eigenvalue weighted by Gasteiger charge is -2.36. The number of aryl methyl sites for hydroxylation is 1. The number of methoxy groups -OCH3 is 1. The molecule has 1 aliphatic heterocycles. The summed E-state index contributed by atoms with van der Waals surface area (Å²) in [6, 6.07) is 15.5. The minimum absolute atomic E-state index is 0.128. The standard InChI is InChI=1S/C21H25N3O3/c1-16-5-3-4-6-19(16)22-20(25)15-21(26)24-13-11-23(12-14-24)17-7-9-18(27-2)10-8-17/h3-10H,11-15H2,1-2H3,(H,22,25). The van der Waals surface area contributed by atoms with Crippen LogP contribution < -0.4 is 15.0 Å². The van der Waals surface area contributed by atoms with Gasteiger partial charge >= 0.3 is 0 Å². The second-order valence-corrected chi connectivity index (χ2v) is 6.61. The first-order valence-electron chi connectivity index (χ1n) is 9.09. The van der Waals surface area contributed by atoms with Crippen LogP contribution in [0.4, 0.5) is 11.4 Å². The molecule has 27 heavy (non-hydrogen) atoms. The first-order valence-corrected chi connectivity index (χ1v) is 9.09. The average molecular weight is 367 g/mol. The lowest BCUT2D eigenvalue weighted by Crippen LogP contribution is -2.49. The molecule has 6 nitrogen and oxygen atoms in total. The fourth-order valence-electron chi connectivity index (χ4n) is 3.16. The van der Waals surface area contributed by atoms with Crippen LogP contribution in [0, 0.1) is 6.92 Å². The van der Waals surface area contributed by atoms with Gasteiger partial charge in [-0.15, -0.1) is 0 Å². The molecule has 142 valence electrons. The highest BCUT2D eigenvalue weighted by Crippen LogP contribution is 2.21. The van der Waals surface area contributed by atoms with Crippen LogP contribution in [0.25, 0.3) is 0 Å². The molecule has 2 aromatic carbocycles. The normalized spacial score (nSPS) is 14.0. The zero-order valence-electron chi connectivity index (χ0n) is 15.8. The van der Waals surface area contributed by atoms with E-state index in [0.717, 1.165) is 35.8 Å². The first kappa shape index (κ1) is 18.8. The zero-order valence-corrected chi connectivity index (χ0v) is 15.8. The van der Waals surface area contributed by atoms with E-state index < -0.39 is 0 Å². The number of nitrogens with one attached hydrogen (secondary N) is 1. The van der Waals surface area contributed by atoms with E-state index in [0.29, 0.717) is 13.1 Å². The van der Waals surface area contributed by atoms with Crippen molar-refractivity contribution in [2.75, 3.05) is 43.5 Å². The van der Waals surface area contributed by atoms with Crippen molar-refractivity contribution in [2.45, 2.75) is 13.3 Å². The van der Waals surface area contributed by atoms with Gasteiger partial charge in [0, 0.05) is 37.6 Å². The van der Waals surface area contributed by atoms with Crippen LogP contribution in [0.1, 0.15) is 12.0 Å². The van der Waals surface area contributed by atoms with Gasteiger partial charge in [0.05, 0.1) is 7.11 Å². The Kier molecular flexibility index (Phi) is 5.96. The maximum Gasteiger partial charge on any atom is 0.233 e. The molecule has 0 atom stereocenters. The van der Waals surface area contributed by atoms with E-state index in [1.165, 1.54) is 0 Å². The van der Waals surface area contributed by atoms with Crippen molar-refractivity contribution in [3.05, 3.63) is 54.1 Å². The molecule has 1 N–H and O–H groups in total. The third-order valence-corrected chi connectivity index (χ3v) is 4.80. The first-order chi connectivity index (χ1) is 13.1. The zero-order chi connectivity index (χ0) is 19.2. The number of hydrogen-bond acceptors (Lipinski definition) is 4. The molecule has 1 saturated heterocycles. The second kappa shape index (κ2) is 8.58.